The van der Waals surface area contributed by atoms with Gasteiger partial charge in [0.2, 0.25) is 0 Å². The zero-order valence-electron chi connectivity index (χ0n) is 10.5. The molecule has 4 heteroatoms. The van der Waals surface area contributed by atoms with Crippen LogP contribution in [0.4, 0.5) is 0 Å². The lowest BCUT2D eigenvalue weighted by Gasteiger charge is -2.11. The SMILES string of the molecule is CCC(C)NCc1ccc(OCCO)cc1.Cl. The summed E-state index contributed by atoms with van der Waals surface area (Å²) in [6.45, 7) is 5.64. The molecular formula is C13H22ClNO2. The average molecular weight is 260 g/mol. The van der Waals surface area contributed by atoms with Crippen LogP contribution in [0.2, 0.25) is 0 Å². The van der Waals surface area contributed by atoms with Crippen molar-refractivity contribution in [2.45, 2.75) is 32.9 Å². The number of hydrogen-bond donors (Lipinski definition) is 2. The lowest BCUT2D eigenvalue weighted by molar-refractivity contribution is 0.201. The van der Waals surface area contributed by atoms with Crippen LogP contribution in [0.5, 0.6) is 5.75 Å². The molecule has 0 saturated heterocycles. The van der Waals surface area contributed by atoms with E-state index in [1.54, 1.807) is 0 Å². The second-order valence-electron chi connectivity index (χ2n) is 3.91. The quantitative estimate of drug-likeness (QED) is 0.790. The van der Waals surface area contributed by atoms with Gasteiger partial charge in [-0.15, -0.1) is 12.4 Å². The van der Waals surface area contributed by atoms with Crippen LogP contribution in [0.1, 0.15) is 25.8 Å². The molecule has 3 nitrogen and oxygen atoms in total. The smallest absolute Gasteiger partial charge is 0.119 e. The van der Waals surface area contributed by atoms with Crippen LogP contribution in [0.3, 0.4) is 0 Å². The molecule has 98 valence electrons. The van der Waals surface area contributed by atoms with Gasteiger partial charge in [-0.05, 0) is 31.0 Å². The number of aliphatic hydroxyl groups is 1. The molecule has 0 heterocycles. The predicted molar refractivity (Wildman–Crippen MR) is 72.9 cm³/mol. The minimum absolute atomic E-state index is 0. The van der Waals surface area contributed by atoms with Crippen LogP contribution in [-0.2, 0) is 6.54 Å². The first-order valence-corrected chi connectivity index (χ1v) is 5.82. The van der Waals surface area contributed by atoms with Crippen molar-refractivity contribution < 1.29 is 9.84 Å². The molecule has 0 bridgehead atoms. The predicted octanol–water partition coefficient (Wildman–Crippen LogP) is 2.37. The molecule has 0 amide bonds. The maximum atomic E-state index is 8.62. The van der Waals surface area contributed by atoms with Crippen molar-refractivity contribution in [2.24, 2.45) is 0 Å². The molecular weight excluding hydrogens is 238 g/mol. The summed E-state index contributed by atoms with van der Waals surface area (Å²) >= 11 is 0. The first-order chi connectivity index (χ1) is 7.76. The molecule has 1 aromatic carbocycles. The number of benzene rings is 1. The normalized spacial score (nSPS) is 11.7. The van der Waals surface area contributed by atoms with E-state index in [0.29, 0.717) is 12.6 Å². The van der Waals surface area contributed by atoms with Crippen molar-refractivity contribution >= 4 is 12.4 Å². The monoisotopic (exact) mass is 259 g/mol. The number of hydrogen-bond acceptors (Lipinski definition) is 3. The summed E-state index contributed by atoms with van der Waals surface area (Å²) in [5, 5.41) is 12.0. The van der Waals surface area contributed by atoms with E-state index >= 15 is 0 Å². The Morgan fingerprint density at radius 1 is 1.29 bits per heavy atom. The molecule has 0 spiro atoms. The molecule has 17 heavy (non-hydrogen) atoms. The third-order valence-electron chi connectivity index (χ3n) is 2.55. The van der Waals surface area contributed by atoms with Gasteiger partial charge >= 0.3 is 0 Å². The Labute approximate surface area is 110 Å². The number of rotatable bonds is 7. The first-order valence-electron chi connectivity index (χ1n) is 5.82. The lowest BCUT2D eigenvalue weighted by Crippen LogP contribution is -2.24. The highest BCUT2D eigenvalue weighted by Crippen LogP contribution is 2.12. The number of nitrogens with one attached hydrogen (secondary N) is 1. The first kappa shape index (κ1) is 16.2. The minimum Gasteiger partial charge on any atom is -0.491 e. The van der Waals surface area contributed by atoms with Gasteiger partial charge in [0, 0.05) is 12.6 Å². The van der Waals surface area contributed by atoms with Crippen LogP contribution in [0, 0.1) is 0 Å². The summed E-state index contributed by atoms with van der Waals surface area (Å²) in [5.41, 5.74) is 1.25. The second-order valence-corrected chi connectivity index (χ2v) is 3.91. The van der Waals surface area contributed by atoms with Crippen molar-refractivity contribution in [1.29, 1.82) is 0 Å². The Morgan fingerprint density at radius 2 is 1.94 bits per heavy atom. The van der Waals surface area contributed by atoms with E-state index in [1.165, 1.54) is 5.56 Å². The zero-order valence-corrected chi connectivity index (χ0v) is 11.3. The van der Waals surface area contributed by atoms with Crippen molar-refractivity contribution in [2.75, 3.05) is 13.2 Å². The van der Waals surface area contributed by atoms with Gasteiger partial charge in [-0.2, -0.15) is 0 Å². The van der Waals surface area contributed by atoms with Crippen LogP contribution < -0.4 is 10.1 Å². The fourth-order valence-electron chi connectivity index (χ4n) is 1.30. The van der Waals surface area contributed by atoms with E-state index in [2.05, 4.69) is 19.2 Å². The van der Waals surface area contributed by atoms with Crippen LogP contribution >= 0.6 is 12.4 Å². The molecule has 0 saturated carbocycles. The van der Waals surface area contributed by atoms with Gasteiger partial charge in [-0.3, -0.25) is 0 Å². The minimum atomic E-state index is 0. The molecule has 1 atom stereocenters. The highest BCUT2D eigenvalue weighted by atomic mass is 35.5. The molecule has 0 aliphatic carbocycles. The number of halogens is 1. The second kappa shape index (κ2) is 9.28. The average Bonchev–Trinajstić information content (AvgIpc) is 2.34. The van der Waals surface area contributed by atoms with E-state index < -0.39 is 0 Å². The van der Waals surface area contributed by atoms with Gasteiger partial charge in [0.05, 0.1) is 6.61 Å². The van der Waals surface area contributed by atoms with E-state index in [9.17, 15) is 0 Å². The van der Waals surface area contributed by atoms with Crippen LogP contribution in [0.25, 0.3) is 0 Å². The zero-order chi connectivity index (χ0) is 11.8. The summed E-state index contributed by atoms with van der Waals surface area (Å²) in [7, 11) is 0. The summed E-state index contributed by atoms with van der Waals surface area (Å²) in [5.74, 6) is 0.807. The highest BCUT2D eigenvalue weighted by Gasteiger charge is 1.98. The summed E-state index contributed by atoms with van der Waals surface area (Å²) in [6, 6.07) is 8.50. The molecule has 1 unspecified atom stereocenters. The van der Waals surface area contributed by atoms with Gasteiger partial charge in [0.1, 0.15) is 12.4 Å². The molecule has 0 fully saturated rings. The Bertz CT molecular complexity index is 290. The summed E-state index contributed by atoms with van der Waals surface area (Å²) in [6.07, 6.45) is 1.14. The van der Waals surface area contributed by atoms with Crippen molar-refractivity contribution in [1.82, 2.24) is 5.32 Å². The van der Waals surface area contributed by atoms with Gasteiger partial charge in [0.15, 0.2) is 0 Å². The van der Waals surface area contributed by atoms with Crippen LogP contribution in [-0.4, -0.2) is 24.4 Å². The fraction of sp³-hybridized carbons (Fsp3) is 0.538. The largest absolute Gasteiger partial charge is 0.491 e. The van der Waals surface area contributed by atoms with Gasteiger partial charge in [0.25, 0.3) is 0 Å². The summed E-state index contributed by atoms with van der Waals surface area (Å²) in [4.78, 5) is 0. The van der Waals surface area contributed by atoms with Gasteiger partial charge < -0.3 is 15.2 Å². The van der Waals surface area contributed by atoms with Crippen molar-refractivity contribution in [3.05, 3.63) is 29.8 Å². The van der Waals surface area contributed by atoms with Gasteiger partial charge in [-0.25, -0.2) is 0 Å². The highest BCUT2D eigenvalue weighted by molar-refractivity contribution is 5.85. The molecule has 0 radical (unpaired) electrons. The Hall–Kier alpha value is -0.770. The maximum Gasteiger partial charge on any atom is 0.119 e. The van der Waals surface area contributed by atoms with E-state index in [4.69, 9.17) is 9.84 Å². The van der Waals surface area contributed by atoms with Crippen molar-refractivity contribution in [3.63, 3.8) is 0 Å². The number of aliphatic hydroxyl groups excluding tert-OH is 1. The fourth-order valence-corrected chi connectivity index (χ4v) is 1.30. The Morgan fingerprint density at radius 3 is 2.47 bits per heavy atom. The third-order valence-corrected chi connectivity index (χ3v) is 2.55. The molecule has 1 aromatic rings. The third kappa shape index (κ3) is 6.51. The summed E-state index contributed by atoms with van der Waals surface area (Å²) < 4.78 is 5.29. The molecule has 0 aliphatic rings. The maximum absolute atomic E-state index is 8.62. The van der Waals surface area contributed by atoms with Crippen LogP contribution in [0.15, 0.2) is 24.3 Å². The molecule has 0 aliphatic heterocycles. The topological polar surface area (TPSA) is 41.5 Å². The Balaban J connectivity index is 0.00000256. The lowest BCUT2D eigenvalue weighted by atomic mass is 10.2. The Kier molecular flexibility index (Phi) is 8.86. The molecule has 2 N–H and O–H groups in total. The standard InChI is InChI=1S/C13H21NO2.ClH/c1-3-11(2)14-10-12-4-6-13(7-5-12)16-9-8-15;/h4-7,11,14-15H,3,8-10H2,1-2H3;1H. The van der Waals surface area contributed by atoms with E-state index in [-0.39, 0.29) is 19.0 Å². The molecule has 0 aromatic heterocycles. The molecule has 1 rings (SSSR count). The van der Waals surface area contributed by atoms with Crippen molar-refractivity contribution in [3.8, 4) is 5.75 Å². The van der Waals surface area contributed by atoms with Gasteiger partial charge in [-0.1, -0.05) is 19.1 Å². The number of ether oxygens (including phenoxy) is 1. The van der Waals surface area contributed by atoms with E-state index in [0.717, 1.165) is 18.7 Å². The van der Waals surface area contributed by atoms with E-state index in [1.807, 2.05) is 24.3 Å².